The SMILES string of the molecule is CC1(C)Oc2ccc(Br)cc2O1.CC1(C)Oc2ccc(C(=O)Nc3ccn(Cc4ccncc4)n3)cc2O1.CC1(C)Oc2ccc(C(=O)O)cc2O1.Nc1ccn(Cc2ccncc2)n1.[CH2-]CCC.[Li+]. The first-order valence-electron chi connectivity index (χ1n) is 21.9. The van der Waals surface area contributed by atoms with Crippen molar-refractivity contribution in [1.29, 1.82) is 0 Å². The number of unbranched alkanes of at least 4 members (excludes halogenated alkanes) is 1. The molecule has 3 aromatic carbocycles. The van der Waals surface area contributed by atoms with E-state index in [1.165, 1.54) is 18.6 Å². The molecule has 0 unspecified atom stereocenters. The molecule has 4 N–H and O–H groups in total. The quantitative estimate of drug-likeness (QED) is 0.0997. The normalized spacial score (nSPS) is 14.0. The molecule has 70 heavy (non-hydrogen) atoms. The van der Waals surface area contributed by atoms with E-state index in [1.807, 2.05) is 82.6 Å². The number of carbonyl (C=O) groups is 2. The first-order valence-corrected chi connectivity index (χ1v) is 22.7. The molecule has 3 aliphatic heterocycles. The Labute approximate surface area is 427 Å². The fourth-order valence-corrected chi connectivity index (χ4v) is 6.78. The van der Waals surface area contributed by atoms with Crippen LogP contribution in [-0.4, -0.2) is 63.9 Å². The molecule has 19 heteroatoms. The molecule has 10 rings (SSSR count). The van der Waals surface area contributed by atoms with E-state index in [9.17, 15) is 9.59 Å². The fourth-order valence-electron chi connectivity index (χ4n) is 6.44. The third kappa shape index (κ3) is 16.0. The number of nitrogens with one attached hydrogen (secondary N) is 1. The molecule has 7 aromatic rings. The summed E-state index contributed by atoms with van der Waals surface area (Å²) in [7, 11) is 0. The molecule has 0 aliphatic carbocycles. The maximum Gasteiger partial charge on any atom is 1.00 e. The number of carboxylic acids is 1. The summed E-state index contributed by atoms with van der Waals surface area (Å²) in [5, 5.41) is 20.0. The molecule has 3 aliphatic rings. The number of hydrogen-bond donors (Lipinski definition) is 3. The molecule has 0 atom stereocenters. The molecule has 0 bridgehead atoms. The Balaban J connectivity index is 0.000000178. The summed E-state index contributed by atoms with van der Waals surface area (Å²) >= 11 is 3.37. The summed E-state index contributed by atoms with van der Waals surface area (Å²) in [6.45, 7) is 18.0. The maximum absolute atomic E-state index is 12.5. The number of nitrogens with two attached hydrogens (primary N) is 1. The zero-order valence-corrected chi connectivity index (χ0v) is 42.1. The standard InChI is InChI=1S/C19H18N4O3.C10H10O4.C9H9BrO2.C9H10N4.C4H9.Li/c1-19(2)25-15-4-3-14(11-16(15)26-19)18(24)21-17-7-10-23(22-17)12-13-5-8-20-9-6-13;1-10(2)13-7-4-3-6(9(11)12)5-8(7)14-10;1-9(2)11-7-4-3-6(10)5-8(7)12-9;10-9-3-6-13(12-9)7-8-1-4-11-5-2-8;1-3-4-2;/h3-11H,12H2,1-2H3,(H,21,22,24);3-5H,1-2H3,(H,11,12);3-5H,1-2H3;1-6H,7H2,(H2,10,12);1,3-4H2,2H3;/q;;;;-1;+1. The number of anilines is 2. The Hall–Kier alpha value is -7.00. The van der Waals surface area contributed by atoms with E-state index in [0.717, 1.165) is 40.1 Å². The Morgan fingerprint density at radius 1 is 0.629 bits per heavy atom. The number of hydrogen-bond acceptors (Lipinski definition) is 13. The number of aromatic carboxylic acids is 1. The average Bonchev–Trinajstić information content (AvgIpc) is 4.13. The Morgan fingerprint density at radius 3 is 1.50 bits per heavy atom. The van der Waals surface area contributed by atoms with Crippen LogP contribution in [0.25, 0.3) is 0 Å². The van der Waals surface area contributed by atoms with E-state index in [0.29, 0.717) is 46.7 Å². The number of fused-ring (bicyclic) bond motifs is 3. The Kier molecular flexibility index (Phi) is 18.5. The van der Waals surface area contributed by atoms with Gasteiger partial charge in [0.25, 0.3) is 5.91 Å². The number of carbonyl (C=O) groups excluding carboxylic acids is 1. The van der Waals surface area contributed by atoms with Crippen LogP contribution in [0.4, 0.5) is 11.6 Å². The molecule has 0 saturated carbocycles. The maximum atomic E-state index is 12.5. The predicted octanol–water partition coefficient (Wildman–Crippen LogP) is 7.47. The number of benzene rings is 3. The number of ether oxygens (including phenoxy) is 6. The molecule has 1 amide bonds. The third-order valence-electron chi connectivity index (χ3n) is 9.52. The molecular formula is C51H56BrLiN8O9. The van der Waals surface area contributed by atoms with Gasteiger partial charge in [0, 0.05) is 94.8 Å². The van der Waals surface area contributed by atoms with Crippen molar-refractivity contribution < 1.29 is 62.0 Å². The zero-order valence-electron chi connectivity index (χ0n) is 40.5. The van der Waals surface area contributed by atoms with Crippen molar-refractivity contribution in [3.05, 3.63) is 162 Å². The van der Waals surface area contributed by atoms with Crippen molar-refractivity contribution in [2.45, 2.75) is 91.8 Å². The van der Waals surface area contributed by atoms with Crippen LogP contribution in [0.1, 0.15) is 93.2 Å². The largest absolute Gasteiger partial charge is 1.00 e. The molecule has 17 nitrogen and oxygen atoms in total. The van der Waals surface area contributed by atoms with Gasteiger partial charge in [-0.05, 0) is 96.1 Å². The second-order valence-corrected chi connectivity index (χ2v) is 17.8. The molecule has 4 aromatic heterocycles. The summed E-state index contributed by atoms with van der Waals surface area (Å²) in [4.78, 5) is 31.1. The topological polar surface area (TPSA) is 209 Å². The van der Waals surface area contributed by atoms with Crippen LogP contribution in [-0.2, 0) is 13.1 Å². The predicted molar refractivity (Wildman–Crippen MR) is 264 cm³/mol. The number of aromatic nitrogens is 6. The van der Waals surface area contributed by atoms with Crippen LogP contribution in [0.15, 0.2) is 133 Å². The van der Waals surface area contributed by atoms with Gasteiger partial charge in [-0.2, -0.15) is 16.6 Å². The number of halogens is 1. The number of amides is 1. The van der Waals surface area contributed by atoms with Crippen LogP contribution in [0.3, 0.4) is 0 Å². The van der Waals surface area contributed by atoms with Crippen LogP contribution in [0, 0.1) is 6.92 Å². The molecule has 0 saturated heterocycles. The van der Waals surface area contributed by atoms with E-state index in [-0.39, 0.29) is 30.3 Å². The Bertz CT molecular complexity index is 2820. The summed E-state index contributed by atoms with van der Waals surface area (Å²) in [5.74, 6) is 1.73. The molecular weight excluding hydrogens is 955 g/mol. The van der Waals surface area contributed by atoms with Gasteiger partial charge in [-0.25, -0.2) is 4.79 Å². The summed E-state index contributed by atoms with van der Waals surface area (Å²) in [6.07, 6.45) is 13.0. The van der Waals surface area contributed by atoms with E-state index in [1.54, 1.807) is 84.4 Å². The summed E-state index contributed by atoms with van der Waals surface area (Å²) < 4.78 is 37.7. The van der Waals surface area contributed by atoms with Gasteiger partial charge in [-0.3, -0.25) is 24.1 Å². The first-order chi connectivity index (χ1) is 32.8. The number of carboxylic acid groups (broad SMARTS) is 1. The van der Waals surface area contributed by atoms with Crippen molar-refractivity contribution in [3.63, 3.8) is 0 Å². The molecule has 0 radical (unpaired) electrons. The van der Waals surface area contributed by atoms with E-state index >= 15 is 0 Å². The number of rotatable bonds is 8. The van der Waals surface area contributed by atoms with Gasteiger partial charge in [0.15, 0.2) is 40.3 Å². The van der Waals surface area contributed by atoms with Gasteiger partial charge in [-0.15, -0.1) is 0 Å². The van der Waals surface area contributed by atoms with Crippen molar-refractivity contribution >= 4 is 39.4 Å². The minimum absolute atomic E-state index is 0. The summed E-state index contributed by atoms with van der Waals surface area (Å²) in [6, 6.07) is 26.7. The molecule has 362 valence electrons. The average molecular weight is 1010 g/mol. The number of nitrogens with zero attached hydrogens (tertiary/aromatic N) is 6. The van der Waals surface area contributed by atoms with Crippen LogP contribution in [0.2, 0.25) is 0 Å². The van der Waals surface area contributed by atoms with E-state index < -0.39 is 23.3 Å². The first kappa shape index (κ1) is 53.9. The van der Waals surface area contributed by atoms with Crippen molar-refractivity contribution in [3.8, 4) is 34.5 Å². The fraction of sp³-hybridized carbons (Fsp3) is 0.275. The van der Waals surface area contributed by atoms with E-state index in [2.05, 4.69) is 55.3 Å². The monoisotopic (exact) mass is 1010 g/mol. The van der Waals surface area contributed by atoms with Gasteiger partial charge in [0.2, 0.25) is 17.4 Å². The van der Waals surface area contributed by atoms with Crippen LogP contribution in [0.5, 0.6) is 34.5 Å². The number of pyridine rings is 2. The minimum Gasteiger partial charge on any atom is -0.478 e. The van der Waals surface area contributed by atoms with Crippen LogP contribution < -0.4 is 58.3 Å². The molecule has 7 heterocycles. The second kappa shape index (κ2) is 24.0. The molecule has 0 fully saturated rings. The summed E-state index contributed by atoms with van der Waals surface area (Å²) in [5.41, 5.74) is 8.42. The minimum atomic E-state index is -0.971. The molecule has 0 spiro atoms. The van der Waals surface area contributed by atoms with E-state index in [4.69, 9.17) is 39.3 Å². The van der Waals surface area contributed by atoms with Crippen molar-refractivity contribution in [2.24, 2.45) is 0 Å². The van der Waals surface area contributed by atoms with Crippen molar-refractivity contribution in [1.82, 2.24) is 29.5 Å². The third-order valence-corrected chi connectivity index (χ3v) is 10.0. The van der Waals surface area contributed by atoms with Gasteiger partial charge < -0.3 is 51.5 Å². The van der Waals surface area contributed by atoms with Gasteiger partial charge >= 0.3 is 24.8 Å². The zero-order chi connectivity index (χ0) is 49.8. The van der Waals surface area contributed by atoms with Gasteiger partial charge in [0.1, 0.15) is 5.82 Å². The Morgan fingerprint density at radius 2 is 1.04 bits per heavy atom. The van der Waals surface area contributed by atoms with Crippen LogP contribution >= 0.6 is 15.9 Å². The van der Waals surface area contributed by atoms with Gasteiger partial charge in [-0.1, -0.05) is 29.3 Å². The van der Waals surface area contributed by atoms with Crippen molar-refractivity contribution in [2.75, 3.05) is 11.1 Å². The smallest absolute Gasteiger partial charge is 0.478 e. The van der Waals surface area contributed by atoms with Gasteiger partial charge in [0.05, 0.1) is 18.7 Å². The number of nitrogen functional groups attached to an aromatic ring is 1. The second-order valence-electron chi connectivity index (χ2n) is 16.9.